The van der Waals surface area contributed by atoms with Crippen molar-refractivity contribution in [2.24, 2.45) is 0 Å². The molecule has 0 spiro atoms. The van der Waals surface area contributed by atoms with Gasteiger partial charge in [-0.15, -0.1) is 0 Å². The van der Waals surface area contributed by atoms with Gasteiger partial charge in [0.2, 0.25) is 5.91 Å². The number of carbonyl (C=O) groups is 2. The molecule has 0 radical (unpaired) electrons. The van der Waals surface area contributed by atoms with Gasteiger partial charge >= 0.3 is 5.97 Å². The Hall–Kier alpha value is -3.08. The number of aliphatic carboxylic acids is 1. The molecule has 0 heterocycles. The summed E-state index contributed by atoms with van der Waals surface area (Å²) in [6.07, 6.45) is 2.90. The molecule has 4 nitrogen and oxygen atoms in total. The summed E-state index contributed by atoms with van der Waals surface area (Å²) >= 11 is 12.7. The van der Waals surface area contributed by atoms with E-state index in [9.17, 15) is 9.59 Å². The monoisotopic (exact) mass is 481 g/mol. The predicted molar refractivity (Wildman–Crippen MR) is 136 cm³/mol. The molecule has 0 saturated heterocycles. The van der Waals surface area contributed by atoms with Crippen LogP contribution in [-0.2, 0) is 16.0 Å². The summed E-state index contributed by atoms with van der Waals surface area (Å²) in [5.41, 5.74) is 6.19. The molecule has 33 heavy (non-hydrogen) atoms. The van der Waals surface area contributed by atoms with E-state index in [1.54, 1.807) is 24.3 Å². The molecular weight excluding hydrogens is 457 g/mol. The molecule has 3 aromatic carbocycles. The van der Waals surface area contributed by atoms with Crippen molar-refractivity contribution in [1.29, 1.82) is 0 Å². The summed E-state index contributed by atoms with van der Waals surface area (Å²) < 4.78 is 0. The maximum atomic E-state index is 12.4. The number of allylic oxidation sites excluding steroid dienone is 2. The van der Waals surface area contributed by atoms with Crippen molar-refractivity contribution >= 4 is 46.3 Å². The molecule has 170 valence electrons. The zero-order chi connectivity index (χ0) is 24.0. The fourth-order valence-electron chi connectivity index (χ4n) is 3.47. The Morgan fingerprint density at radius 2 is 1.64 bits per heavy atom. The highest BCUT2D eigenvalue weighted by molar-refractivity contribution is 6.34. The van der Waals surface area contributed by atoms with E-state index < -0.39 is 5.97 Å². The van der Waals surface area contributed by atoms with Gasteiger partial charge in [-0.05, 0) is 71.9 Å². The minimum absolute atomic E-state index is 0.0151. The van der Waals surface area contributed by atoms with Crippen LogP contribution in [0.2, 0.25) is 10.0 Å². The van der Waals surface area contributed by atoms with Crippen molar-refractivity contribution < 1.29 is 14.7 Å². The molecule has 0 atom stereocenters. The zero-order valence-corrected chi connectivity index (χ0v) is 20.0. The Morgan fingerprint density at radius 1 is 0.939 bits per heavy atom. The molecule has 0 fully saturated rings. The number of aryl methyl sites for hydroxylation is 1. The second kappa shape index (κ2) is 11.2. The number of halogens is 2. The highest BCUT2D eigenvalue weighted by Gasteiger charge is 2.09. The molecule has 6 heteroatoms. The average Bonchev–Trinajstić information content (AvgIpc) is 2.75. The lowest BCUT2D eigenvalue weighted by atomic mass is 10.0. The van der Waals surface area contributed by atoms with Crippen molar-refractivity contribution in [3.8, 4) is 11.1 Å². The van der Waals surface area contributed by atoms with E-state index >= 15 is 0 Å². The van der Waals surface area contributed by atoms with Crippen molar-refractivity contribution in [2.75, 3.05) is 5.32 Å². The summed E-state index contributed by atoms with van der Waals surface area (Å²) in [4.78, 5) is 23.2. The third-order valence-corrected chi connectivity index (χ3v) is 5.88. The molecule has 1 amide bonds. The number of hydrogen-bond donors (Lipinski definition) is 2. The lowest BCUT2D eigenvalue weighted by Crippen LogP contribution is -2.11. The number of carboxylic acid groups (broad SMARTS) is 1. The first-order chi connectivity index (χ1) is 15.7. The number of benzene rings is 3. The molecule has 0 aliphatic rings. The van der Waals surface area contributed by atoms with Gasteiger partial charge in [0.05, 0.1) is 17.1 Å². The highest BCUT2D eigenvalue weighted by atomic mass is 35.5. The molecular formula is C27H25Cl2NO3. The van der Waals surface area contributed by atoms with E-state index in [1.807, 2.05) is 56.3 Å². The minimum Gasteiger partial charge on any atom is -0.481 e. The van der Waals surface area contributed by atoms with Gasteiger partial charge in [0.1, 0.15) is 0 Å². The largest absolute Gasteiger partial charge is 0.481 e. The van der Waals surface area contributed by atoms with E-state index in [2.05, 4.69) is 5.32 Å². The lowest BCUT2D eigenvalue weighted by molar-refractivity contribution is -0.136. The SMILES string of the molecule is C/C(=C/CCC(=O)Nc1ccc(-c2ccc(CC(=O)O)cc2)cc1Cl)c1ccc(C)cc1Cl. The molecule has 3 rings (SSSR count). The Labute approximate surface area is 203 Å². The zero-order valence-electron chi connectivity index (χ0n) is 18.5. The van der Waals surface area contributed by atoms with E-state index in [1.165, 1.54) is 0 Å². The van der Waals surface area contributed by atoms with Gasteiger partial charge in [-0.2, -0.15) is 0 Å². The van der Waals surface area contributed by atoms with E-state index in [0.29, 0.717) is 28.6 Å². The van der Waals surface area contributed by atoms with Gasteiger partial charge in [0.25, 0.3) is 0 Å². The summed E-state index contributed by atoms with van der Waals surface area (Å²) in [5, 5.41) is 12.9. The van der Waals surface area contributed by atoms with Crippen molar-refractivity contribution in [3.63, 3.8) is 0 Å². The molecule has 2 N–H and O–H groups in total. The summed E-state index contributed by atoms with van der Waals surface area (Å²) in [6.45, 7) is 3.98. The summed E-state index contributed by atoms with van der Waals surface area (Å²) in [5.74, 6) is -0.989. The highest BCUT2D eigenvalue weighted by Crippen LogP contribution is 2.29. The van der Waals surface area contributed by atoms with Crippen LogP contribution in [0.25, 0.3) is 16.7 Å². The summed E-state index contributed by atoms with van der Waals surface area (Å²) in [7, 11) is 0. The number of carboxylic acids is 1. The first-order valence-electron chi connectivity index (χ1n) is 10.6. The van der Waals surface area contributed by atoms with Crippen LogP contribution in [0.1, 0.15) is 36.5 Å². The predicted octanol–water partition coefficient (Wildman–Crippen LogP) is 7.42. The number of anilines is 1. The molecule has 0 aliphatic carbocycles. The van der Waals surface area contributed by atoms with Crippen molar-refractivity contribution in [3.05, 3.63) is 93.5 Å². The Balaban J connectivity index is 1.59. The molecule has 0 unspecified atom stereocenters. The minimum atomic E-state index is -0.865. The second-order valence-electron chi connectivity index (χ2n) is 7.92. The Bertz CT molecular complexity index is 1200. The number of carbonyl (C=O) groups excluding carboxylic acids is 1. The van der Waals surface area contributed by atoms with Gasteiger partial charge in [-0.25, -0.2) is 0 Å². The van der Waals surface area contributed by atoms with Crippen LogP contribution < -0.4 is 5.32 Å². The number of rotatable bonds is 8. The molecule has 0 saturated carbocycles. The Kier molecular flexibility index (Phi) is 8.32. The van der Waals surface area contributed by atoms with Crippen LogP contribution in [0.3, 0.4) is 0 Å². The quantitative estimate of drug-likeness (QED) is 0.351. The van der Waals surface area contributed by atoms with Crippen LogP contribution in [0.5, 0.6) is 0 Å². The van der Waals surface area contributed by atoms with Crippen LogP contribution >= 0.6 is 23.2 Å². The third kappa shape index (κ3) is 6.95. The van der Waals surface area contributed by atoms with Crippen LogP contribution in [0, 0.1) is 6.92 Å². The Morgan fingerprint density at radius 3 is 2.27 bits per heavy atom. The lowest BCUT2D eigenvalue weighted by Gasteiger charge is -2.10. The smallest absolute Gasteiger partial charge is 0.307 e. The summed E-state index contributed by atoms with van der Waals surface area (Å²) in [6, 6.07) is 18.6. The van der Waals surface area contributed by atoms with Gasteiger partial charge in [-0.1, -0.05) is 71.7 Å². The maximum Gasteiger partial charge on any atom is 0.307 e. The first kappa shape index (κ1) is 24.6. The topological polar surface area (TPSA) is 66.4 Å². The van der Waals surface area contributed by atoms with Crippen LogP contribution in [0.15, 0.2) is 66.7 Å². The van der Waals surface area contributed by atoms with Crippen LogP contribution in [-0.4, -0.2) is 17.0 Å². The average molecular weight is 482 g/mol. The second-order valence-corrected chi connectivity index (χ2v) is 8.73. The number of hydrogen-bond acceptors (Lipinski definition) is 2. The normalized spacial score (nSPS) is 11.3. The van der Waals surface area contributed by atoms with Crippen LogP contribution in [0.4, 0.5) is 5.69 Å². The molecule has 0 aromatic heterocycles. The first-order valence-corrected chi connectivity index (χ1v) is 11.3. The third-order valence-electron chi connectivity index (χ3n) is 5.26. The van der Waals surface area contributed by atoms with Gasteiger partial charge in [0, 0.05) is 11.4 Å². The van der Waals surface area contributed by atoms with Gasteiger partial charge in [0.15, 0.2) is 0 Å². The molecule has 0 aliphatic heterocycles. The fraction of sp³-hybridized carbons (Fsp3) is 0.185. The van der Waals surface area contributed by atoms with Gasteiger partial charge in [-0.3, -0.25) is 9.59 Å². The van der Waals surface area contributed by atoms with E-state index in [-0.39, 0.29) is 12.3 Å². The fourth-order valence-corrected chi connectivity index (χ4v) is 4.08. The standard InChI is InChI=1S/C27H25Cl2NO3/c1-17-6-12-22(23(28)14-17)18(2)4-3-5-26(31)30-25-13-11-21(16-24(25)29)20-9-7-19(8-10-20)15-27(32)33/h4,6-14,16H,3,5,15H2,1-2H3,(H,30,31)(H,32,33)/b18-4-. The molecule has 0 bridgehead atoms. The van der Waals surface area contributed by atoms with E-state index in [4.69, 9.17) is 28.3 Å². The number of amides is 1. The van der Waals surface area contributed by atoms with Gasteiger partial charge < -0.3 is 10.4 Å². The number of nitrogens with one attached hydrogen (secondary N) is 1. The van der Waals surface area contributed by atoms with E-state index in [0.717, 1.165) is 33.4 Å². The van der Waals surface area contributed by atoms with Crippen molar-refractivity contribution in [2.45, 2.75) is 33.1 Å². The molecule has 3 aromatic rings. The maximum absolute atomic E-state index is 12.4. The van der Waals surface area contributed by atoms with Crippen molar-refractivity contribution in [1.82, 2.24) is 0 Å².